The highest BCUT2D eigenvalue weighted by Crippen LogP contribution is 2.52. The van der Waals surface area contributed by atoms with Crippen LogP contribution in [0.3, 0.4) is 0 Å². The summed E-state index contributed by atoms with van der Waals surface area (Å²) in [6.45, 7) is 4.38. The van der Waals surface area contributed by atoms with Gasteiger partial charge in [-0.05, 0) is 169 Å². The molecule has 0 aliphatic heterocycles. The molecule has 348 valence electrons. The molecule has 2 atom stereocenters. The molecule has 4 nitrogen and oxygen atoms in total. The quantitative estimate of drug-likeness (QED) is 0.128. The van der Waals surface area contributed by atoms with Crippen LogP contribution in [0, 0.1) is 23.7 Å². The van der Waals surface area contributed by atoms with E-state index in [1.54, 1.807) is 0 Å². The van der Waals surface area contributed by atoms with Crippen LogP contribution in [0.5, 0.6) is 11.5 Å². The van der Waals surface area contributed by atoms with Crippen molar-refractivity contribution in [2.45, 2.75) is 31.1 Å². The number of hydrogen-bond acceptors (Lipinski definition) is 4. The monoisotopic (exact) mass is 938 g/mol. The first kappa shape index (κ1) is 45.0. The average molecular weight is 939 g/mol. The van der Waals surface area contributed by atoms with Gasteiger partial charge in [-0.1, -0.05) is 170 Å². The smallest absolute Gasteiger partial charge is 0.149 e. The van der Waals surface area contributed by atoms with Crippen LogP contribution in [0.15, 0.2) is 207 Å². The number of benzene rings is 8. The summed E-state index contributed by atoms with van der Waals surface area (Å²) in [4.78, 5) is 9.97. The normalized spacial score (nSPS) is 16.0. The fourth-order valence-electron chi connectivity index (χ4n) is 11.4. The van der Waals surface area contributed by atoms with Crippen molar-refractivity contribution in [2.75, 3.05) is 13.2 Å². The van der Waals surface area contributed by atoms with E-state index in [-0.39, 0.29) is 0 Å². The maximum absolute atomic E-state index is 5.97. The van der Waals surface area contributed by atoms with Crippen LogP contribution in [0.4, 0.5) is 0 Å². The molecular formula is C69H50N2O2. The predicted octanol–water partition coefficient (Wildman–Crippen LogP) is 14.9. The minimum absolute atomic E-state index is 0.360. The second-order valence-corrected chi connectivity index (χ2v) is 18.7. The number of ether oxygens (including phenoxy) is 2. The van der Waals surface area contributed by atoms with Gasteiger partial charge in [-0.25, -0.2) is 0 Å². The van der Waals surface area contributed by atoms with Crippen molar-refractivity contribution in [2.24, 2.45) is 0 Å². The molecule has 0 bridgehead atoms. The van der Waals surface area contributed by atoms with Crippen molar-refractivity contribution in [3.63, 3.8) is 0 Å². The lowest BCUT2D eigenvalue weighted by atomic mass is 9.63. The van der Waals surface area contributed by atoms with E-state index in [1.165, 1.54) is 44.5 Å². The van der Waals surface area contributed by atoms with Crippen molar-refractivity contribution < 1.29 is 9.47 Å². The molecule has 2 unspecified atom stereocenters. The first-order valence-corrected chi connectivity index (χ1v) is 24.8. The summed E-state index contributed by atoms with van der Waals surface area (Å²) in [6, 6.07) is 71.1. The summed E-state index contributed by atoms with van der Waals surface area (Å²) in [7, 11) is 0. The average Bonchev–Trinajstić information content (AvgIpc) is 3.69. The Labute approximate surface area is 427 Å². The number of fused-ring (bicyclic) bond motifs is 6. The fourth-order valence-corrected chi connectivity index (χ4v) is 11.4. The Kier molecular flexibility index (Phi) is 11.8. The molecule has 2 aromatic heterocycles. The molecule has 4 heteroatoms. The first-order valence-electron chi connectivity index (χ1n) is 24.8. The number of aromatic nitrogens is 2. The maximum Gasteiger partial charge on any atom is 0.149 e. The molecule has 0 amide bonds. The molecule has 12 rings (SSSR count). The van der Waals surface area contributed by atoms with Crippen molar-refractivity contribution in [1.82, 2.24) is 9.97 Å². The van der Waals surface area contributed by atoms with Gasteiger partial charge in [0.1, 0.15) is 24.7 Å². The van der Waals surface area contributed by atoms with Gasteiger partial charge in [0.25, 0.3) is 0 Å². The zero-order chi connectivity index (χ0) is 49.2. The van der Waals surface area contributed by atoms with Gasteiger partial charge in [-0.15, -0.1) is 11.8 Å². The third kappa shape index (κ3) is 7.95. The molecule has 2 heterocycles. The Balaban J connectivity index is 0.944. The topological polar surface area (TPSA) is 44.2 Å². The van der Waals surface area contributed by atoms with Crippen LogP contribution in [0.25, 0.3) is 45.8 Å². The Morgan fingerprint density at radius 1 is 0.384 bits per heavy atom. The Morgan fingerprint density at radius 2 is 0.781 bits per heavy atom. The van der Waals surface area contributed by atoms with E-state index < -0.39 is 10.8 Å². The summed E-state index contributed by atoms with van der Waals surface area (Å²) in [5, 5.41) is 4.48. The maximum atomic E-state index is 5.97. The van der Waals surface area contributed by atoms with Gasteiger partial charge in [0.15, 0.2) is 0 Å². The van der Waals surface area contributed by atoms with Crippen LogP contribution < -0.4 is 9.47 Å². The van der Waals surface area contributed by atoms with Crippen molar-refractivity contribution >= 4 is 45.8 Å². The second-order valence-electron chi connectivity index (χ2n) is 18.7. The third-order valence-electron chi connectivity index (χ3n) is 14.7. The summed E-state index contributed by atoms with van der Waals surface area (Å²) in [5.41, 5.74) is 14.7. The lowest BCUT2D eigenvalue weighted by molar-refractivity contribution is 0.370. The van der Waals surface area contributed by atoms with E-state index in [9.17, 15) is 0 Å². The summed E-state index contributed by atoms with van der Waals surface area (Å²) in [6.07, 6.45) is 13.3. The largest absolute Gasteiger partial charge is 0.481 e. The first-order chi connectivity index (χ1) is 36.1. The van der Waals surface area contributed by atoms with Gasteiger partial charge in [-0.3, -0.25) is 9.97 Å². The molecule has 0 radical (unpaired) electrons. The fraction of sp³-hybridized carbons (Fsp3) is 0.101. The molecule has 0 fully saturated rings. The van der Waals surface area contributed by atoms with Gasteiger partial charge in [-0.2, -0.15) is 0 Å². The molecular weight excluding hydrogens is 889 g/mol. The van der Waals surface area contributed by atoms with Crippen LogP contribution >= 0.6 is 0 Å². The molecule has 0 spiro atoms. The molecule has 10 aromatic rings. The molecule has 2 aliphatic rings. The van der Waals surface area contributed by atoms with Crippen molar-refractivity contribution in [3.05, 3.63) is 285 Å². The van der Waals surface area contributed by atoms with Gasteiger partial charge >= 0.3 is 0 Å². The van der Waals surface area contributed by atoms with E-state index in [0.29, 0.717) is 13.2 Å². The van der Waals surface area contributed by atoms with Crippen LogP contribution in [0.2, 0.25) is 0 Å². The van der Waals surface area contributed by atoms with E-state index in [0.717, 1.165) is 73.1 Å². The minimum Gasteiger partial charge on any atom is -0.481 e. The number of hydrogen-bond donors (Lipinski definition) is 0. The van der Waals surface area contributed by atoms with Crippen LogP contribution in [-0.2, 0) is 17.3 Å². The molecule has 0 N–H and O–H groups in total. The lowest BCUT2D eigenvalue weighted by Crippen LogP contribution is -2.32. The number of nitrogens with zero attached hydrogens (tertiary/aromatic N) is 2. The van der Waals surface area contributed by atoms with Crippen molar-refractivity contribution in [1.29, 1.82) is 0 Å². The highest BCUT2D eigenvalue weighted by Gasteiger charge is 2.44. The van der Waals surface area contributed by atoms with Gasteiger partial charge in [0, 0.05) is 12.4 Å². The number of rotatable bonds is 10. The summed E-state index contributed by atoms with van der Waals surface area (Å²) < 4.78 is 11.9. The zero-order valence-electron chi connectivity index (χ0n) is 40.8. The number of pyridine rings is 2. The summed E-state index contributed by atoms with van der Waals surface area (Å²) in [5.74, 6) is 13.5. The zero-order valence-corrected chi connectivity index (χ0v) is 40.8. The Morgan fingerprint density at radius 3 is 1.23 bits per heavy atom. The van der Waals surface area contributed by atoms with Crippen LogP contribution in [0.1, 0.15) is 92.0 Å². The van der Waals surface area contributed by atoms with Crippen molar-refractivity contribution in [3.8, 4) is 35.2 Å². The van der Waals surface area contributed by atoms with E-state index in [4.69, 9.17) is 19.4 Å². The SMILES string of the molecule is CC#CCOc1ccc2cc(C3(c4ccc(Cc5ccc(C6(c7ccc8cc(OCC#CC)ccc8c7)c7ccccc7C=Cc7ncccc76)cc5)cc4)c4ccccc4C=Cc4ncccc43)ccc2c1. The molecule has 0 saturated carbocycles. The molecule has 73 heavy (non-hydrogen) atoms. The Hall–Kier alpha value is -9.22. The highest BCUT2D eigenvalue weighted by molar-refractivity contribution is 5.89. The standard InChI is InChI=1S/C69H50N2O2/c1-3-5-41-72-60-35-25-52-44-58(33-23-54(52)46-60)68(62-15-9-7-13-50(62)27-37-66-64(68)17-11-39-70-66)56-29-19-48(20-30-56)43-49-21-31-57(32-22-49)69(59-34-24-55-47-61(73-42-6-4-2)36-26-53(55)45-59)63-16-10-8-14-51(63)28-38-67-65(69)18-12-40-71-67/h7-40,44-47H,41-43H2,1-2H3. The van der Waals surface area contributed by atoms with E-state index >= 15 is 0 Å². The van der Waals surface area contributed by atoms with Gasteiger partial charge in [0.2, 0.25) is 0 Å². The lowest BCUT2D eigenvalue weighted by Gasteiger charge is -2.38. The summed E-state index contributed by atoms with van der Waals surface area (Å²) >= 11 is 0. The third-order valence-corrected chi connectivity index (χ3v) is 14.7. The van der Waals surface area contributed by atoms with E-state index in [2.05, 4.69) is 230 Å². The molecule has 8 aromatic carbocycles. The second kappa shape index (κ2) is 19.2. The predicted molar refractivity (Wildman–Crippen MR) is 299 cm³/mol. The molecule has 0 saturated heterocycles. The van der Waals surface area contributed by atoms with Gasteiger partial charge in [0.05, 0.1) is 22.2 Å². The highest BCUT2D eigenvalue weighted by atomic mass is 16.5. The van der Waals surface area contributed by atoms with E-state index in [1.807, 2.05) is 38.4 Å². The minimum atomic E-state index is -0.671. The Bertz CT molecular complexity index is 3580. The molecule has 2 aliphatic carbocycles. The van der Waals surface area contributed by atoms with Gasteiger partial charge < -0.3 is 9.47 Å². The van der Waals surface area contributed by atoms with Crippen LogP contribution in [-0.4, -0.2) is 23.2 Å².